The van der Waals surface area contributed by atoms with E-state index in [4.69, 9.17) is 11.6 Å². The van der Waals surface area contributed by atoms with E-state index in [-0.39, 0.29) is 5.28 Å². The standard InChI is InChI=1S/C12H7ClN4O2S/c13-12-14-6-5-11(15-12)17-7-9(16-20(18)19)8-3-1-2-4-10(8)17/h1-7H. The molecule has 3 aromatic rings. The van der Waals surface area contributed by atoms with E-state index in [2.05, 4.69) is 14.3 Å². The van der Waals surface area contributed by atoms with Gasteiger partial charge in [-0.15, -0.1) is 4.36 Å². The van der Waals surface area contributed by atoms with Crippen LogP contribution in [0.5, 0.6) is 0 Å². The summed E-state index contributed by atoms with van der Waals surface area (Å²) in [5, 5.41) is 0.831. The van der Waals surface area contributed by atoms with Crippen molar-refractivity contribution >= 4 is 38.7 Å². The third-order valence-corrected chi connectivity index (χ3v) is 3.25. The molecule has 20 heavy (non-hydrogen) atoms. The normalized spacial score (nSPS) is 10.7. The van der Waals surface area contributed by atoms with Crippen LogP contribution in [0.25, 0.3) is 16.7 Å². The van der Waals surface area contributed by atoms with Gasteiger partial charge in [-0.2, -0.15) is 13.4 Å². The van der Waals surface area contributed by atoms with E-state index in [9.17, 15) is 8.42 Å². The molecule has 0 bridgehead atoms. The second-order valence-corrected chi connectivity index (χ2v) is 4.85. The van der Waals surface area contributed by atoms with E-state index >= 15 is 0 Å². The molecule has 0 aliphatic carbocycles. The highest BCUT2D eigenvalue weighted by Crippen LogP contribution is 2.30. The number of hydrogen-bond donors (Lipinski definition) is 0. The Bertz CT molecular complexity index is 926. The predicted molar refractivity (Wildman–Crippen MR) is 74.9 cm³/mol. The van der Waals surface area contributed by atoms with Crippen molar-refractivity contribution in [3.05, 3.63) is 48.0 Å². The van der Waals surface area contributed by atoms with Gasteiger partial charge in [0.2, 0.25) is 5.28 Å². The van der Waals surface area contributed by atoms with E-state index in [1.54, 1.807) is 22.9 Å². The lowest BCUT2D eigenvalue weighted by Gasteiger charge is -2.03. The average molecular weight is 307 g/mol. The van der Waals surface area contributed by atoms with Crippen molar-refractivity contribution in [1.29, 1.82) is 0 Å². The fraction of sp³-hybridized carbons (Fsp3) is 0. The third-order valence-electron chi connectivity index (χ3n) is 2.72. The summed E-state index contributed by atoms with van der Waals surface area (Å²) in [6.45, 7) is 0. The molecule has 1 aromatic carbocycles. The van der Waals surface area contributed by atoms with Crippen molar-refractivity contribution in [3.63, 3.8) is 0 Å². The summed E-state index contributed by atoms with van der Waals surface area (Å²) in [6.07, 6.45) is 3.13. The summed E-state index contributed by atoms with van der Waals surface area (Å²) in [5.41, 5.74) is 1.13. The van der Waals surface area contributed by atoms with Gasteiger partial charge in [0.15, 0.2) is 0 Å². The minimum atomic E-state index is -2.52. The predicted octanol–water partition coefficient (Wildman–Crippen LogP) is 2.77. The van der Waals surface area contributed by atoms with Crippen molar-refractivity contribution in [2.75, 3.05) is 0 Å². The van der Waals surface area contributed by atoms with Gasteiger partial charge in [0.25, 0.3) is 0 Å². The number of aromatic nitrogens is 3. The summed E-state index contributed by atoms with van der Waals surface area (Å²) in [5.74, 6) is 0.541. The molecule has 0 spiro atoms. The van der Waals surface area contributed by atoms with Crippen LogP contribution in [0, 0.1) is 0 Å². The van der Waals surface area contributed by atoms with Crippen LogP contribution in [0.4, 0.5) is 5.69 Å². The smallest absolute Gasteiger partial charge is 0.299 e. The molecule has 0 atom stereocenters. The van der Waals surface area contributed by atoms with Gasteiger partial charge in [-0.3, -0.25) is 4.57 Å². The highest BCUT2D eigenvalue weighted by molar-refractivity contribution is 7.61. The minimum Gasteiger partial charge on any atom is -0.299 e. The van der Waals surface area contributed by atoms with Gasteiger partial charge in [-0.1, -0.05) is 18.2 Å². The highest BCUT2D eigenvalue weighted by Gasteiger charge is 2.10. The van der Waals surface area contributed by atoms with Crippen LogP contribution in [0.3, 0.4) is 0 Å². The van der Waals surface area contributed by atoms with E-state index < -0.39 is 10.5 Å². The number of para-hydroxylation sites is 1. The molecule has 0 amide bonds. The fourth-order valence-electron chi connectivity index (χ4n) is 1.96. The Morgan fingerprint density at radius 2 is 2.00 bits per heavy atom. The zero-order valence-electron chi connectivity index (χ0n) is 9.93. The van der Waals surface area contributed by atoms with Crippen LogP contribution in [0.2, 0.25) is 5.28 Å². The number of rotatable bonds is 2. The molecule has 8 heteroatoms. The summed E-state index contributed by atoms with van der Waals surface area (Å²) in [6, 6.07) is 8.97. The largest absolute Gasteiger partial charge is 0.316 e. The molecule has 2 heterocycles. The summed E-state index contributed by atoms with van der Waals surface area (Å²) in [4.78, 5) is 7.93. The van der Waals surface area contributed by atoms with Gasteiger partial charge in [0.05, 0.1) is 5.52 Å². The van der Waals surface area contributed by atoms with Gasteiger partial charge in [-0.25, -0.2) is 4.98 Å². The SMILES string of the molecule is O=S(=O)=Nc1cn(-c2ccnc(Cl)n2)c2ccccc12. The number of fused-ring (bicyclic) bond motifs is 1. The highest BCUT2D eigenvalue weighted by atomic mass is 35.5. The minimum absolute atomic E-state index is 0.117. The lowest BCUT2D eigenvalue weighted by atomic mass is 10.2. The Morgan fingerprint density at radius 1 is 1.20 bits per heavy atom. The summed E-state index contributed by atoms with van der Waals surface area (Å²) in [7, 11) is -2.52. The first-order valence-electron chi connectivity index (χ1n) is 5.55. The van der Waals surface area contributed by atoms with Gasteiger partial charge in [-0.05, 0) is 23.7 Å². The molecule has 0 fully saturated rings. The molecule has 0 unspecified atom stereocenters. The number of benzene rings is 1. The van der Waals surface area contributed by atoms with Crippen LogP contribution in [-0.4, -0.2) is 23.0 Å². The lowest BCUT2D eigenvalue weighted by Crippen LogP contribution is -1.96. The quantitative estimate of drug-likeness (QED) is 0.682. The van der Waals surface area contributed by atoms with E-state index in [1.165, 1.54) is 6.20 Å². The second kappa shape index (κ2) is 5.03. The first kappa shape index (κ1) is 12.8. The first-order chi connectivity index (χ1) is 9.65. The maximum Gasteiger partial charge on any atom is 0.316 e. The van der Waals surface area contributed by atoms with Crippen LogP contribution in [0.1, 0.15) is 0 Å². The molecule has 2 aromatic heterocycles. The molecular weight excluding hydrogens is 300 g/mol. The molecule has 0 aliphatic rings. The van der Waals surface area contributed by atoms with Crippen LogP contribution < -0.4 is 0 Å². The molecule has 100 valence electrons. The van der Waals surface area contributed by atoms with E-state index in [0.29, 0.717) is 16.9 Å². The average Bonchev–Trinajstić information content (AvgIpc) is 2.77. The maximum atomic E-state index is 10.8. The molecule has 3 rings (SSSR count). The zero-order valence-corrected chi connectivity index (χ0v) is 11.5. The summed E-state index contributed by atoms with van der Waals surface area (Å²) < 4.78 is 26.9. The maximum absolute atomic E-state index is 10.8. The Hall–Kier alpha value is -2.25. The molecule has 0 aliphatic heterocycles. The topological polar surface area (TPSA) is 77.2 Å². The number of hydrogen-bond acceptors (Lipinski definition) is 5. The Kier molecular flexibility index (Phi) is 3.21. The summed E-state index contributed by atoms with van der Waals surface area (Å²) >= 11 is 5.78. The van der Waals surface area contributed by atoms with E-state index in [0.717, 1.165) is 5.52 Å². The van der Waals surface area contributed by atoms with Crippen molar-refractivity contribution < 1.29 is 8.42 Å². The van der Waals surface area contributed by atoms with Gasteiger partial charge >= 0.3 is 10.5 Å². The van der Waals surface area contributed by atoms with Gasteiger partial charge < -0.3 is 0 Å². The first-order valence-corrected chi connectivity index (χ1v) is 6.96. The van der Waals surface area contributed by atoms with Crippen LogP contribution in [0.15, 0.2) is 47.1 Å². The monoisotopic (exact) mass is 306 g/mol. The molecule has 0 N–H and O–H groups in total. The lowest BCUT2D eigenvalue weighted by molar-refractivity contribution is 0.622. The van der Waals surface area contributed by atoms with Crippen molar-refractivity contribution in [2.24, 2.45) is 4.36 Å². The second-order valence-electron chi connectivity index (χ2n) is 3.89. The zero-order chi connectivity index (χ0) is 14.1. The van der Waals surface area contributed by atoms with Gasteiger partial charge in [0, 0.05) is 17.8 Å². The van der Waals surface area contributed by atoms with Crippen LogP contribution in [-0.2, 0) is 10.5 Å². The molecule has 6 nitrogen and oxygen atoms in total. The van der Waals surface area contributed by atoms with Crippen LogP contribution >= 0.6 is 11.6 Å². The van der Waals surface area contributed by atoms with E-state index in [1.807, 2.05) is 18.2 Å². The number of nitrogens with zero attached hydrogens (tertiary/aromatic N) is 4. The fourth-order valence-corrected chi connectivity index (χ4v) is 2.41. The van der Waals surface area contributed by atoms with Gasteiger partial charge in [0.1, 0.15) is 11.5 Å². The Balaban J connectivity index is 2.34. The Labute approximate surface area is 120 Å². The Morgan fingerprint density at radius 3 is 2.75 bits per heavy atom. The third kappa shape index (κ3) is 2.28. The van der Waals surface area contributed by atoms with Crippen molar-refractivity contribution in [2.45, 2.75) is 0 Å². The number of halogens is 1. The molecule has 0 saturated heterocycles. The van der Waals surface area contributed by atoms with Crippen molar-refractivity contribution in [1.82, 2.24) is 14.5 Å². The molecular formula is C12H7ClN4O2S. The molecule has 0 radical (unpaired) electrons. The van der Waals surface area contributed by atoms with Crippen molar-refractivity contribution in [3.8, 4) is 5.82 Å². The molecule has 0 saturated carbocycles.